The molecule has 2 aromatic heterocycles. The van der Waals surface area contributed by atoms with Crippen LogP contribution in [0.5, 0.6) is 0 Å². The van der Waals surface area contributed by atoms with Gasteiger partial charge in [-0.05, 0) is 36.9 Å². The maximum Gasteiger partial charge on any atom is 0.258 e. The molecule has 0 radical (unpaired) electrons. The first-order chi connectivity index (χ1) is 14.3. The van der Waals surface area contributed by atoms with E-state index in [9.17, 15) is 0 Å². The van der Waals surface area contributed by atoms with Crippen molar-refractivity contribution < 1.29 is 4.52 Å². The predicted octanol–water partition coefficient (Wildman–Crippen LogP) is 2.11. The topological polar surface area (TPSA) is 109 Å². The van der Waals surface area contributed by atoms with Crippen LogP contribution in [0.3, 0.4) is 0 Å². The minimum absolute atomic E-state index is 0.404. The zero-order valence-corrected chi connectivity index (χ0v) is 15.6. The van der Waals surface area contributed by atoms with E-state index < -0.39 is 0 Å². The lowest BCUT2D eigenvalue weighted by molar-refractivity contribution is 0.420. The van der Waals surface area contributed by atoms with Gasteiger partial charge in [0.05, 0.1) is 18.2 Å². The van der Waals surface area contributed by atoms with Crippen LogP contribution in [0.2, 0.25) is 0 Å². The summed E-state index contributed by atoms with van der Waals surface area (Å²) in [5.41, 5.74) is 2.36. The molecular weight excluding hydrogens is 368 g/mol. The first-order valence-corrected chi connectivity index (χ1v) is 9.43. The number of benzene rings is 1. The highest BCUT2D eigenvalue weighted by molar-refractivity contribution is 5.71. The van der Waals surface area contributed by atoms with Crippen LogP contribution in [-0.2, 0) is 13.1 Å². The number of nitrogens with one attached hydrogen (secondary N) is 1. The predicted molar refractivity (Wildman–Crippen MR) is 105 cm³/mol. The van der Waals surface area contributed by atoms with Crippen LogP contribution in [0.15, 0.2) is 47.1 Å². The molecule has 0 saturated heterocycles. The lowest BCUT2D eigenvalue weighted by Gasteiger charge is -2.27. The molecule has 2 aliphatic rings. The summed E-state index contributed by atoms with van der Waals surface area (Å²) < 4.78 is 7.56. The Hall–Kier alpha value is -3.93. The van der Waals surface area contributed by atoms with Crippen LogP contribution in [0.4, 0.5) is 5.95 Å². The number of anilines is 1. The number of nitrogens with zero attached hydrogens (tertiary/aromatic N) is 7. The van der Waals surface area contributed by atoms with Gasteiger partial charge in [-0.3, -0.25) is 4.57 Å². The second-order valence-electron chi connectivity index (χ2n) is 6.86. The molecule has 0 unspecified atom stereocenters. The summed E-state index contributed by atoms with van der Waals surface area (Å²) in [5.74, 6) is 2.67. The average molecular weight is 386 g/mol. The van der Waals surface area contributed by atoms with Crippen LogP contribution in [0.25, 0.3) is 17.0 Å². The Kier molecular flexibility index (Phi) is 4.29. The van der Waals surface area contributed by atoms with E-state index in [1.807, 2.05) is 18.3 Å². The van der Waals surface area contributed by atoms with Gasteiger partial charge in [0, 0.05) is 30.8 Å². The second-order valence-corrected chi connectivity index (χ2v) is 6.86. The molecule has 0 saturated carbocycles. The summed E-state index contributed by atoms with van der Waals surface area (Å²) >= 11 is 0. The van der Waals surface area contributed by atoms with Crippen molar-refractivity contribution in [1.82, 2.24) is 30.2 Å². The van der Waals surface area contributed by atoms with Crippen LogP contribution < -0.4 is 10.2 Å². The summed E-state index contributed by atoms with van der Waals surface area (Å²) in [6, 6.07) is 9.25. The van der Waals surface area contributed by atoms with E-state index in [1.165, 1.54) is 0 Å². The molecule has 0 atom stereocenters. The van der Waals surface area contributed by atoms with Crippen molar-refractivity contribution in [1.29, 1.82) is 5.26 Å². The number of hydrogen-bond donors (Lipinski definition) is 1. The van der Waals surface area contributed by atoms with Gasteiger partial charge < -0.3 is 14.7 Å². The van der Waals surface area contributed by atoms with Crippen LogP contribution >= 0.6 is 0 Å². The Morgan fingerprint density at radius 3 is 3.07 bits per heavy atom. The van der Waals surface area contributed by atoms with Gasteiger partial charge in [-0.15, -0.1) is 10.2 Å². The fraction of sp³-hybridized carbons (Fsp3) is 0.250. The highest BCUT2D eigenvalue weighted by atomic mass is 16.5. The van der Waals surface area contributed by atoms with Gasteiger partial charge >= 0.3 is 0 Å². The number of dihydropyridines is 1. The van der Waals surface area contributed by atoms with E-state index in [2.05, 4.69) is 47.3 Å². The van der Waals surface area contributed by atoms with Crippen molar-refractivity contribution in [3.63, 3.8) is 0 Å². The standard InChI is InChI=1S/C20H18N8O/c21-12-14-3-1-4-16(11-14)19-23-17(26-29-19)13-27-9-2-10-28-18(24-25-20(27)28)15-5-7-22-8-6-15/h1,3-7,11,22H,2,8-10,13H2. The Labute approximate surface area is 167 Å². The summed E-state index contributed by atoms with van der Waals surface area (Å²) in [6.45, 7) is 3.00. The zero-order valence-electron chi connectivity index (χ0n) is 15.6. The number of allylic oxidation sites excluding steroid dienone is 2. The third kappa shape index (κ3) is 3.25. The first-order valence-electron chi connectivity index (χ1n) is 9.43. The Morgan fingerprint density at radius 2 is 2.21 bits per heavy atom. The van der Waals surface area contributed by atoms with Crippen molar-refractivity contribution >= 4 is 11.5 Å². The number of hydrogen-bond acceptors (Lipinski definition) is 8. The minimum atomic E-state index is 0.404. The smallest absolute Gasteiger partial charge is 0.258 e. The maximum absolute atomic E-state index is 9.07. The van der Waals surface area contributed by atoms with Crippen molar-refractivity contribution in [3.05, 3.63) is 59.8 Å². The number of aromatic nitrogens is 5. The van der Waals surface area contributed by atoms with Crippen molar-refractivity contribution in [3.8, 4) is 17.5 Å². The molecule has 9 heteroatoms. The SMILES string of the molecule is N#Cc1cccc(-c2nc(CN3CCCn4c(C5=CCNC=C5)nnc43)no2)c1. The third-order valence-corrected chi connectivity index (χ3v) is 4.94. The monoisotopic (exact) mass is 386 g/mol. The van der Waals surface area contributed by atoms with Crippen LogP contribution in [0.1, 0.15) is 23.6 Å². The molecule has 4 heterocycles. The first kappa shape index (κ1) is 17.2. The highest BCUT2D eigenvalue weighted by Gasteiger charge is 2.25. The molecule has 0 fully saturated rings. The summed E-state index contributed by atoms with van der Waals surface area (Å²) in [7, 11) is 0. The van der Waals surface area contributed by atoms with Gasteiger partial charge in [0.2, 0.25) is 5.95 Å². The number of rotatable bonds is 4. The van der Waals surface area contributed by atoms with Gasteiger partial charge in [0.1, 0.15) is 0 Å². The fourth-order valence-corrected chi connectivity index (χ4v) is 3.57. The van der Waals surface area contributed by atoms with Crippen LogP contribution in [0, 0.1) is 11.3 Å². The number of fused-ring (bicyclic) bond motifs is 1. The van der Waals surface area contributed by atoms with Crippen molar-refractivity contribution in [2.45, 2.75) is 19.5 Å². The van der Waals surface area contributed by atoms with Gasteiger partial charge in [-0.1, -0.05) is 17.3 Å². The molecule has 5 rings (SSSR count). The third-order valence-electron chi connectivity index (χ3n) is 4.94. The average Bonchev–Trinajstić information content (AvgIpc) is 3.42. The summed E-state index contributed by atoms with van der Waals surface area (Å²) in [5, 5.41) is 25.2. The van der Waals surface area contributed by atoms with E-state index in [0.29, 0.717) is 23.8 Å². The molecular formula is C20H18N8O. The van der Waals surface area contributed by atoms with E-state index in [1.54, 1.807) is 18.2 Å². The van der Waals surface area contributed by atoms with Gasteiger partial charge in [-0.25, -0.2) is 0 Å². The molecule has 1 N–H and O–H groups in total. The minimum Gasteiger partial charge on any atom is -0.387 e. The molecule has 0 aliphatic carbocycles. The quantitative estimate of drug-likeness (QED) is 0.726. The Balaban J connectivity index is 1.38. The summed E-state index contributed by atoms with van der Waals surface area (Å²) in [4.78, 5) is 6.62. The zero-order chi connectivity index (χ0) is 19.6. The van der Waals surface area contributed by atoms with Crippen molar-refractivity contribution in [2.24, 2.45) is 0 Å². The fourth-order valence-electron chi connectivity index (χ4n) is 3.57. The molecule has 0 bridgehead atoms. The van der Waals surface area contributed by atoms with E-state index >= 15 is 0 Å². The van der Waals surface area contributed by atoms with Gasteiger partial charge in [0.15, 0.2) is 11.6 Å². The van der Waals surface area contributed by atoms with E-state index in [-0.39, 0.29) is 0 Å². The Bertz CT molecular complexity index is 1150. The van der Waals surface area contributed by atoms with Gasteiger partial charge in [0.25, 0.3) is 5.89 Å². The molecule has 9 nitrogen and oxygen atoms in total. The molecule has 29 heavy (non-hydrogen) atoms. The second kappa shape index (κ2) is 7.24. The summed E-state index contributed by atoms with van der Waals surface area (Å²) in [6.07, 6.45) is 7.04. The molecule has 3 aromatic rings. The lowest BCUT2D eigenvalue weighted by Crippen LogP contribution is -2.32. The maximum atomic E-state index is 9.07. The molecule has 2 aliphatic heterocycles. The van der Waals surface area contributed by atoms with E-state index in [0.717, 1.165) is 49.0 Å². The molecule has 1 aromatic carbocycles. The highest BCUT2D eigenvalue weighted by Crippen LogP contribution is 2.26. The lowest BCUT2D eigenvalue weighted by atomic mass is 10.1. The van der Waals surface area contributed by atoms with Gasteiger partial charge in [-0.2, -0.15) is 10.2 Å². The molecule has 144 valence electrons. The van der Waals surface area contributed by atoms with Crippen molar-refractivity contribution in [2.75, 3.05) is 18.0 Å². The molecule has 0 spiro atoms. The number of nitriles is 1. The van der Waals surface area contributed by atoms with Crippen LogP contribution in [-0.4, -0.2) is 38.0 Å². The molecule has 0 amide bonds. The van der Waals surface area contributed by atoms with E-state index in [4.69, 9.17) is 9.78 Å². The normalized spacial score (nSPS) is 15.4. The Morgan fingerprint density at radius 1 is 1.24 bits per heavy atom. The largest absolute Gasteiger partial charge is 0.387 e.